The first-order chi connectivity index (χ1) is 0. The molecule has 0 saturated carbocycles. The molecule has 0 unspecified atom stereocenters. The number of halogens is 3. The van der Waals surface area contributed by atoms with Crippen LogP contribution in [0.15, 0.2) is 0 Å². The van der Waals surface area contributed by atoms with E-state index in [2.05, 4.69) is 0 Å². The molecule has 0 atom stereocenters. The monoisotopic (exact) mass is 196 g/mol. The fourth-order valence-electron chi connectivity index (χ4n) is 0. The minimum Gasteiger partial charge on any atom is -1.00 e. The van der Waals surface area contributed by atoms with E-state index in [1.807, 2.05) is 0 Å². The topological polar surface area (TPSA) is 0 Å². The van der Waals surface area contributed by atoms with Crippen LogP contribution in [0.25, 0.3) is 0 Å². The van der Waals surface area contributed by atoms with Gasteiger partial charge in [0.05, 0.1) is 0 Å². The fourth-order valence-corrected chi connectivity index (χ4v) is 0. The summed E-state index contributed by atoms with van der Waals surface area (Å²) in [6, 6.07) is 0. The molecule has 0 aromatic carbocycles. The van der Waals surface area contributed by atoms with Gasteiger partial charge in [-0.05, 0) is 0 Å². The van der Waals surface area contributed by atoms with Crippen molar-refractivity contribution in [2.45, 2.75) is 0 Å². The molecule has 0 rings (SSSR count). The van der Waals surface area contributed by atoms with Gasteiger partial charge < -0.3 is 37.2 Å². The van der Waals surface area contributed by atoms with Crippen LogP contribution in [0, 0.1) is 0 Å². The maximum absolute atomic E-state index is 0. The van der Waals surface area contributed by atoms with Crippen molar-refractivity contribution in [3.05, 3.63) is 0 Å². The Bertz CT molecular complexity index is 6.85. The van der Waals surface area contributed by atoms with E-state index in [-0.39, 0.29) is 74.1 Å². The molecule has 0 radical (unpaired) electrons. The van der Waals surface area contributed by atoms with Crippen LogP contribution >= 0.6 is 0 Å². The van der Waals surface area contributed by atoms with Gasteiger partial charge in [0.15, 0.2) is 0 Å². The van der Waals surface area contributed by atoms with Gasteiger partial charge in [-0.1, -0.05) is 0 Å². The van der Waals surface area contributed by atoms with Gasteiger partial charge in [0.1, 0.15) is 0 Å². The van der Waals surface area contributed by atoms with Crippen LogP contribution in [0.1, 0.15) is 0 Å². The van der Waals surface area contributed by atoms with Gasteiger partial charge in [0.25, 0.3) is 0 Å². The molecule has 0 aromatic heterocycles. The molecule has 0 N–H and O–H groups in total. The zero-order valence-corrected chi connectivity index (χ0v) is 8.81. The van der Waals surface area contributed by atoms with Gasteiger partial charge in [-0.15, -0.1) is 0 Å². The first-order valence-corrected chi connectivity index (χ1v) is 0. The number of hydrogen-bond acceptors (Lipinski definition) is 0. The third-order valence-electron chi connectivity index (χ3n) is 0. The Morgan fingerprint density at radius 2 is 0.600 bits per heavy atom. The Morgan fingerprint density at radius 3 is 0.600 bits per heavy atom. The third kappa shape index (κ3) is 23.8. The molecule has 0 saturated heterocycles. The summed E-state index contributed by atoms with van der Waals surface area (Å²) < 4.78 is 0. The summed E-state index contributed by atoms with van der Waals surface area (Å²) in [5.74, 6) is 0. The molecular formula is AlCl3Zn+2. The van der Waals surface area contributed by atoms with Gasteiger partial charge in [-0.3, -0.25) is 0 Å². The second-order valence-electron chi connectivity index (χ2n) is 0. The summed E-state index contributed by atoms with van der Waals surface area (Å²) in [7, 11) is 0. The van der Waals surface area contributed by atoms with Crippen LogP contribution in [0.5, 0.6) is 0 Å². The van der Waals surface area contributed by atoms with Gasteiger partial charge in [-0.25, -0.2) is 0 Å². The van der Waals surface area contributed by atoms with Crippen molar-refractivity contribution in [1.82, 2.24) is 0 Å². The molecule has 5 heavy (non-hydrogen) atoms. The summed E-state index contributed by atoms with van der Waals surface area (Å²) in [4.78, 5) is 0. The third-order valence-corrected chi connectivity index (χ3v) is 0. The predicted molar refractivity (Wildman–Crippen MR) is 5.75 cm³/mol. The molecule has 0 aliphatic heterocycles. The van der Waals surface area contributed by atoms with Crippen LogP contribution in [0.3, 0.4) is 0 Å². The molecule has 0 amide bonds. The van der Waals surface area contributed by atoms with Crippen LogP contribution < -0.4 is 37.2 Å². The van der Waals surface area contributed by atoms with Crippen molar-refractivity contribution in [3.63, 3.8) is 0 Å². The van der Waals surface area contributed by atoms with Crippen molar-refractivity contribution in [2.75, 3.05) is 0 Å². The van der Waals surface area contributed by atoms with E-state index in [1.165, 1.54) is 0 Å². The molecule has 0 fully saturated rings. The van der Waals surface area contributed by atoms with E-state index in [1.54, 1.807) is 0 Å². The first-order valence-electron chi connectivity index (χ1n) is 0. The fraction of sp³-hybridized carbons (Fsp3) is 0. The molecule has 24 valence electrons. The summed E-state index contributed by atoms with van der Waals surface area (Å²) in [5.41, 5.74) is 0. The van der Waals surface area contributed by atoms with Crippen molar-refractivity contribution in [1.29, 1.82) is 0 Å². The van der Waals surface area contributed by atoms with E-state index in [4.69, 9.17) is 0 Å². The average molecular weight is 199 g/mol. The Balaban J connectivity index is 0. The van der Waals surface area contributed by atoms with Gasteiger partial charge >= 0.3 is 36.8 Å². The molecular weight excluding hydrogens is 199 g/mol. The number of rotatable bonds is 0. The first kappa shape index (κ1) is 62.2. The minimum absolute atomic E-state index is 0. The molecule has 0 aliphatic carbocycles. The quantitative estimate of drug-likeness (QED) is 0.340. The minimum atomic E-state index is 0. The van der Waals surface area contributed by atoms with Crippen LogP contribution in [-0.2, 0) is 19.5 Å². The SMILES string of the molecule is [Al+3].[Cl-].[Cl-].[Cl-].[Zn+2]. The molecule has 0 heterocycles. The standard InChI is InChI=1S/Al.3ClH.Zn/h;3*1H;/q+3;;;;+2/p-3. The Morgan fingerprint density at radius 1 is 0.600 bits per heavy atom. The van der Waals surface area contributed by atoms with Crippen molar-refractivity contribution < 1.29 is 56.7 Å². The largest absolute Gasteiger partial charge is 3.00 e. The molecule has 0 aromatic rings. The van der Waals surface area contributed by atoms with Crippen LogP contribution in [0.4, 0.5) is 0 Å². The van der Waals surface area contributed by atoms with E-state index in [0.717, 1.165) is 0 Å². The Labute approximate surface area is 73.6 Å². The van der Waals surface area contributed by atoms with Crippen molar-refractivity contribution in [3.8, 4) is 0 Å². The van der Waals surface area contributed by atoms with E-state index >= 15 is 0 Å². The van der Waals surface area contributed by atoms with E-state index < -0.39 is 0 Å². The van der Waals surface area contributed by atoms with Crippen LogP contribution in [0.2, 0.25) is 0 Å². The van der Waals surface area contributed by atoms with Gasteiger partial charge in [0.2, 0.25) is 0 Å². The second-order valence-corrected chi connectivity index (χ2v) is 0. The van der Waals surface area contributed by atoms with Gasteiger partial charge in [0, 0.05) is 0 Å². The van der Waals surface area contributed by atoms with E-state index in [0.29, 0.717) is 0 Å². The summed E-state index contributed by atoms with van der Waals surface area (Å²) in [6.07, 6.45) is 0. The van der Waals surface area contributed by atoms with Gasteiger partial charge in [-0.2, -0.15) is 0 Å². The average Bonchev–Trinajstić information content (AvgIpc) is 0. The molecule has 0 spiro atoms. The van der Waals surface area contributed by atoms with E-state index in [9.17, 15) is 0 Å². The number of hydrogen-bond donors (Lipinski definition) is 0. The summed E-state index contributed by atoms with van der Waals surface area (Å²) >= 11 is 0. The van der Waals surface area contributed by atoms with Crippen molar-refractivity contribution in [2.24, 2.45) is 0 Å². The maximum atomic E-state index is 0. The molecule has 0 nitrogen and oxygen atoms in total. The smallest absolute Gasteiger partial charge is 1.00 e. The summed E-state index contributed by atoms with van der Waals surface area (Å²) in [6.45, 7) is 0. The maximum Gasteiger partial charge on any atom is 3.00 e. The molecule has 0 bridgehead atoms. The van der Waals surface area contributed by atoms with Crippen LogP contribution in [-0.4, -0.2) is 17.4 Å². The Hall–Kier alpha value is 2.03. The zero-order chi connectivity index (χ0) is 0. The predicted octanol–water partition coefficient (Wildman–Crippen LogP) is -9.37. The van der Waals surface area contributed by atoms with Crippen molar-refractivity contribution >= 4 is 17.4 Å². The zero-order valence-electron chi connectivity index (χ0n) is 2.42. The molecule has 0 aliphatic rings. The molecule has 5 heteroatoms. The second kappa shape index (κ2) is 37.1. The normalized spacial score (nSPS) is 0. The Kier molecular flexibility index (Phi) is 461. The summed E-state index contributed by atoms with van der Waals surface area (Å²) in [5, 5.41) is 0.